The van der Waals surface area contributed by atoms with Crippen LogP contribution in [0.4, 0.5) is 0 Å². The van der Waals surface area contributed by atoms with Crippen molar-refractivity contribution in [3.8, 4) is 0 Å². The second-order valence-electron chi connectivity index (χ2n) is 10.8. The number of fused-ring (bicyclic) bond motifs is 1. The highest BCUT2D eigenvalue weighted by Gasteiger charge is 2.44. The fourth-order valence-electron chi connectivity index (χ4n) is 6.33. The molecule has 3 aliphatic carbocycles. The summed E-state index contributed by atoms with van der Waals surface area (Å²) >= 11 is 0. The van der Waals surface area contributed by atoms with Crippen molar-refractivity contribution in [2.75, 3.05) is 19.7 Å². The lowest BCUT2D eigenvalue weighted by atomic mass is 9.77. The van der Waals surface area contributed by atoms with Gasteiger partial charge in [0, 0.05) is 56.3 Å². The van der Waals surface area contributed by atoms with E-state index in [0.29, 0.717) is 23.8 Å². The Bertz CT molecular complexity index is 878. The van der Waals surface area contributed by atoms with Crippen molar-refractivity contribution >= 4 is 0 Å². The fraction of sp³-hybridized carbons (Fsp3) is 0.760. The zero-order chi connectivity index (χ0) is 21.3. The number of hydrogen-bond donors (Lipinski definition) is 0. The smallest absolute Gasteiger partial charge is 0.115 e. The summed E-state index contributed by atoms with van der Waals surface area (Å²) in [5, 5.41) is 9.31. The third-order valence-electron chi connectivity index (χ3n) is 8.31. The number of nitrogens with zero attached hydrogens (tertiary/aromatic N) is 6. The number of rotatable bonds is 7. The van der Waals surface area contributed by atoms with Gasteiger partial charge >= 0.3 is 0 Å². The molecule has 2 aromatic rings. The van der Waals surface area contributed by atoms with E-state index < -0.39 is 0 Å². The molecule has 7 heteroatoms. The summed E-state index contributed by atoms with van der Waals surface area (Å²) < 4.78 is 8.75. The third-order valence-corrected chi connectivity index (χ3v) is 8.31. The minimum atomic E-state index is 0.262. The summed E-state index contributed by atoms with van der Waals surface area (Å²) in [5.74, 6) is 2.81. The summed E-state index contributed by atoms with van der Waals surface area (Å²) in [6.45, 7) is 4.17. The lowest BCUT2D eigenvalue weighted by molar-refractivity contribution is -0.0375. The van der Waals surface area contributed by atoms with Crippen LogP contribution < -0.4 is 0 Å². The Morgan fingerprint density at radius 3 is 2.50 bits per heavy atom. The summed E-state index contributed by atoms with van der Waals surface area (Å²) in [7, 11) is 0. The van der Waals surface area contributed by atoms with Crippen molar-refractivity contribution in [2.24, 2.45) is 17.8 Å². The first-order chi connectivity index (χ1) is 15.8. The van der Waals surface area contributed by atoms with Gasteiger partial charge in [0.2, 0.25) is 0 Å². The molecule has 1 aliphatic heterocycles. The quantitative estimate of drug-likeness (QED) is 0.654. The molecule has 172 valence electrons. The molecule has 0 spiro atoms. The molecule has 0 N–H and O–H groups in total. The molecule has 32 heavy (non-hydrogen) atoms. The molecule has 0 bridgehead atoms. The molecule has 3 saturated carbocycles. The van der Waals surface area contributed by atoms with E-state index in [-0.39, 0.29) is 6.10 Å². The molecule has 6 rings (SSSR count). The Labute approximate surface area is 191 Å². The van der Waals surface area contributed by atoms with E-state index in [0.717, 1.165) is 45.0 Å². The zero-order valence-corrected chi connectivity index (χ0v) is 19.1. The molecule has 4 aliphatic rings. The molecular weight excluding hydrogens is 400 g/mol. The molecule has 0 unspecified atom stereocenters. The van der Waals surface area contributed by atoms with Crippen molar-refractivity contribution in [1.82, 2.24) is 29.9 Å². The van der Waals surface area contributed by atoms with Gasteiger partial charge in [0.1, 0.15) is 6.33 Å². The predicted molar refractivity (Wildman–Crippen MR) is 121 cm³/mol. The van der Waals surface area contributed by atoms with Crippen LogP contribution >= 0.6 is 0 Å². The van der Waals surface area contributed by atoms with E-state index in [1.807, 2.05) is 12.4 Å². The average molecular weight is 437 g/mol. The van der Waals surface area contributed by atoms with Crippen LogP contribution in [-0.2, 0) is 11.3 Å². The average Bonchev–Trinajstić information content (AvgIpc) is 3.38. The van der Waals surface area contributed by atoms with Crippen LogP contribution in [0.3, 0.4) is 0 Å². The molecule has 0 aromatic carbocycles. The molecule has 7 nitrogen and oxygen atoms in total. The zero-order valence-electron chi connectivity index (χ0n) is 19.1. The van der Waals surface area contributed by atoms with Crippen molar-refractivity contribution in [3.05, 3.63) is 36.2 Å². The number of hydrogen-bond acceptors (Lipinski definition) is 6. The second kappa shape index (κ2) is 9.18. The van der Waals surface area contributed by atoms with Gasteiger partial charge in [0.15, 0.2) is 0 Å². The molecule has 3 heterocycles. The van der Waals surface area contributed by atoms with E-state index in [4.69, 9.17) is 4.74 Å². The summed E-state index contributed by atoms with van der Waals surface area (Å²) in [4.78, 5) is 11.0. The van der Waals surface area contributed by atoms with Gasteiger partial charge in [-0.2, -0.15) is 0 Å². The summed E-state index contributed by atoms with van der Waals surface area (Å²) in [6, 6.07) is 0.319. The van der Waals surface area contributed by atoms with E-state index in [9.17, 15) is 0 Å². The maximum atomic E-state index is 6.56. The number of likely N-dealkylation sites (tertiary alicyclic amines) is 1. The van der Waals surface area contributed by atoms with Crippen molar-refractivity contribution < 1.29 is 4.74 Å². The van der Waals surface area contributed by atoms with Gasteiger partial charge in [-0.05, 0) is 56.3 Å². The Hall–Kier alpha value is -1.86. The maximum Gasteiger partial charge on any atom is 0.115 e. The Kier molecular flexibility index (Phi) is 5.94. The first-order valence-electron chi connectivity index (χ1n) is 12.8. The molecule has 4 atom stereocenters. The Balaban J connectivity index is 1.16. The monoisotopic (exact) mass is 436 g/mol. The molecule has 0 amide bonds. The van der Waals surface area contributed by atoms with Crippen LogP contribution in [0, 0.1) is 17.8 Å². The predicted octanol–water partition coefficient (Wildman–Crippen LogP) is 3.99. The maximum absolute atomic E-state index is 6.56. The second-order valence-corrected chi connectivity index (χ2v) is 10.8. The van der Waals surface area contributed by atoms with Crippen molar-refractivity contribution in [2.45, 2.75) is 82.4 Å². The van der Waals surface area contributed by atoms with E-state index in [1.165, 1.54) is 56.2 Å². The molecular formula is C25H36N6O. The van der Waals surface area contributed by atoms with E-state index in [2.05, 4.69) is 36.1 Å². The largest absolute Gasteiger partial charge is 0.376 e. The third kappa shape index (κ3) is 4.60. The SMILES string of the molecule is c1ncc(CN2C[C@H]3C[C@@H](n4cc(C5CCCCC5)nn4)[C@H](OCC4CC4)C[C@H]3C2)cn1. The minimum absolute atomic E-state index is 0.262. The highest BCUT2D eigenvalue weighted by molar-refractivity contribution is 5.07. The topological polar surface area (TPSA) is 69.0 Å². The van der Waals surface area contributed by atoms with Crippen molar-refractivity contribution in [3.63, 3.8) is 0 Å². The van der Waals surface area contributed by atoms with Crippen LogP contribution in [0.5, 0.6) is 0 Å². The molecule has 0 radical (unpaired) electrons. The number of aromatic nitrogens is 5. The lowest BCUT2D eigenvalue weighted by Gasteiger charge is -2.37. The van der Waals surface area contributed by atoms with Gasteiger partial charge in [-0.1, -0.05) is 24.5 Å². The van der Waals surface area contributed by atoms with Gasteiger partial charge in [-0.25, -0.2) is 14.6 Å². The summed E-state index contributed by atoms with van der Waals surface area (Å²) in [5.41, 5.74) is 2.42. The van der Waals surface area contributed by atoms with Gasteiger partial charge in [0.25, 0.3) is 0 Å². The van der Waals surface area contributed by atoms with Crippen LogP contribution in [0.25, 0.3) is 0 Å². The molecule has 1 saturated heterocycles. The normalized spacial score (nSPS) is 31.6. The van der Waals surface area contributed by atoms with Crippen LogP contribution in [0.2, 0.25) is 0 Å². The minimum Gasteiger partial charge on any atom is -0.376 e. The molecule has 2 aromatic heterocycles. The van der Waals surface area contributed by atoms with Gasteiger partial charge in [0.05, 0.1) is 17.8 Å². The van der Waals surface area contributed by atoms with Crippen molar-refractivity contribution in [1.29, 1.82) is 0 Å². The van der Waals surface area contributed by atoms with Gasteiger partial charge in [-0.15, -0.1) is 5.10 Å². The fourth-order valence-corrected chi connectivity index (χ4v) is 6.33. The van der Waals surface area contributed by atoms with Crippen LogP contribution in [0.1, 0.15) is 81.0 Å². The first kappa shape index (κ1) is 20.7. The van der Waals surface area contributed by atoms with Gasteiger partial charge < -0.3 is 4.74 Å². The highest BCUT2D eigenvalue weighted by Crippen LogP contribution is 2.44. The van der Waals surface area contributed by atoms with E-state index in [1.54, 1.807) is 6.33 Å². The van der Waals surface area contributed by atoms with Crippen LogP contribution in [-0.4, -0.2) is 55.7 Å². The highest BCUT2D eigenvalue weighted by atomic mass is 16.5. The van der Waals surface area contributed by atoms with E-state index >= 15 is 0 Å². The Morgan fingerprint density at radius 2 is 1.72 bits per heavy atom. The number of ether oxygens (including phenoxy) is 1. The standard InChI is InChI=1S/C25H36N6O/c1-2-4-20(5-3-1)23-15-31(29-28-23)24-8-21-13-30(12-19-10-26-17-27-11-19)14-22(21)9-25(24)32-16-18-6-7-18/h10-11,15,17-18,20-22,24-25H,1-9,12-14,16H2/t21-,22+,24-,25-/m1/s1. The molecule has 4 fully saturated rings. The van der Waals surface area contributed by atoms with Crippen LogP contribution in [0.15, 0.2) is 24.9 Å². The van der Waals surface area contributed by atoms with Gasteiger partial charge in [-0.3, -0.25) is 4.90 Å². The lowest BCUT2D eigenvalue weighted by Crippen LogP contribution is -2.38. The Morgan fingerprint density at radius 1 is 0.938 bits per heavy atom. The summed E-state index contributed by atoms with van der Waals surface area (Å²) in [6.07, 6.45) is 19.6. The first-order valence-corrected chi connectivity index (χ1v) is 12.8.